The van der Waals surface area contributed by atoms with Gasteiger partial charge in [-0.3, -0.25) is 4.79 Å². The van der Waals surface area contributed by atoms with Crippen LogP contribution in [0.4, 0.5) is 0 Å². The minimum atomic E-state index is -0.299. The Hall–Kier alpha value is -2.29. The van der Waals surface area contributed by atoms with Crippen molar-refractivity contribution in [1.82, 2.24) is 5.43 Å². The van der Waals surface area contributed by atoms with E-state index in [0.717, 1.165) is 14.9 Å². The van der Waals surface area contributed by atoms with Crippen molar-refractivity contribution >= 4 is 34.7 Å². The third-order valence-corrected chi connectivity index (χ3v) is 4.04. The summed E-state index contributed by atoms with van der Waals surface area (Å²) in [5.74, 6) is 1.65. The van der Waals surface area contributed by atoms with Gasteiger partial charge in [-0.2, -0.15) is 5.10 Å². The van der Waals surface area contributed by atoms with Crippen molar-refractivity contribution in [3.63, 3.8) is 0 Å². The average molecular weight is 440 g/mol. The molecule has 0 aromatic heterocycles. The highest BCUT2D eigenvalue weighted by molar-refractivity contribution is 14.1. The highest BCUT2D eigenvalue weighted by Crippen LogP contribution is 2.26. The topological polar surface area (TPSA) is 69.2 Å². The smallest absolute Gasteiger partial charge is 0.271 e. The first kappa shape index (κ1) is 18.1. The van der Waals surface area contributed by atoms with E-state index in [4.69, 9.17) is 14.2 Å². The predicted molar refractivity (Wildman–Crippen MR) is 100 cm³/mol. The summed E-state index contributed by atoms with van der Waals surface area (Å²) in [4.78, 5) is 12.1. The number of hydrogen-bond acceptors (Lipinski definition) is 5. The summed E-state index contributed by atoms with van der Waals surface area (Å²) < 4.78 is 16.4. The second kappa shape index (κ2) is 8.53. The summed E-state index contributed by atoms with van der Waals surface area (Å²) >= 11 is 2.11. The number of nitrogens with zero attached hydrogens (tertiary/aromatic N) is 1. The number of halogens is 1. The van der Waals surface area contributed by atoms with Crippen molar-refractivity contribution in [1.29, 1.82) is 0 Å². The Bertz CT molecular complexity index is 762. The third kappa shape index (κ3) is 4.38. The lowest BCUT2D eigenvalue weighted by Gasteiger charge is -2.07. The van der Waals surface area contributed by atoms with Crippen molar-refractivity contribution in [3.8, 4) is 17.2 Å². The van der Waals surface area contributed by atoms with Crippen LogP contribution in [0.15, 0.2) is 41.5 Å². The van der Waals surface area contributed by atoms with Gasteiger partial charge in [0, 0.05) is 5.56 Å². The second-order valence-corrected chi connectivity index (χ2v) is 5.83. The van der Waals surface area contributed by atoms with Gasteiger partial charge < -0.3 is 14.2 Å². The SMILES string of the molecule is COc1ccc(C(=O)N/N=C\c2ccc(OC)c(OC)c2)cc1I. The van der Waals surface area contributed by atoms with E-state index in [1.807, 2.05) is 6.07 Å². The molecule has 2 aromatic rings. The van der Waals surface area contributed by atoms with E-state index < -0.39 is 0 Å². The fourth-order valence-corrected chi connectivity index (χ4v) is 2.71. The largest absolute Gasteiger partial charge is 0.496 e. The molecule has 0 fully saturated rings. The van der Waals surface area contributed by atoms with E-state index in [-0.39, 0.29) is 5.91 Å². The van der Waals surface area contributed by atoms with Crippen LogP contribution >= 0.6 is 22.6 Å². The summed E-state index contributed by atoms with van der Waals surface area (Å²) in [6.45, 7) is 0. The Morgan fingerprint density at radius 3 is 2.29 bits per heavy atom. The molecule has 0 atom stereocenters. The molecule has 0 bridgehead atoms. The molecule has 7 heteroatoms. The summed E-state index contributed by atoms with van der Waals surface area (Å²) in [6.07, 6.45) is 1.54. The number of ether oxygens (including phenoxy) is 3. The molecule has 0 saturated carbocycles. The third-order valence-electron chi connectivity index (χ3n) is 3.20. The first-order valence-corrected chi connectivity index (χ1v) is 8.06. The average Bonchev–Trinajstić information content (AvgIpc) is 2.61. The molecule has 0 spiro atoms. The zero-order valence-electron chi connectivity index (χ0n) is 13.5. The Kier molecular flexibility index (Phi) is 6.42. The molecule has 0 unspecified atom stereocenters. The van der Waals surface area contributed by atoms with Crippen LogP contribution in [0, 0.1) is 3.57 Å². The lowest BCUT2D eigenvalue weighted by atomic mass is 10.2. The Balaban J connectivity index is 2.05. The van der Waals surface area contributed by atoms with Gasteiger partial charge in [-0.05, 0) is 64.6 Å². The van der Waals surface area contributed by atoms with Gasteiger partial charge in [-0.15, -0.1) is 0 Å². The highest BCUT2D eigenvalue weighted by atomic mass is 127. The van der Waals surface area contributed by atoms with Gasteiger partial charge in [0.2, 0.25) is 0 Å². The number of carbonyl (C=O) groups excluding carboxylic acids is 1. The first-order valence-electron chi connectivity index (χ1n) is 6.98. The second-order valence-electron chi connectivity index (χ2n) is 4.66. The fraction of sp³-hybridized carbons (Fsp3) is 0.176. The molecule has 1 amide bonds. The van der Waals surface area contributed by atoms with Crippen LogP contribution in [-0.2, 0) is 0 Å². The molecule has 0 aliphatic rings. The first-order chi connectivity index (χ1) is 11.6. The Morgan fingerprint density at radius 1 is 1.00 bits per heavy atom. The van der Waals surface area contributed by atoms with Gasteiger partial charge in [0.15, 0.2) is 11.5 Å². The van der Waals surface area contributed by atoms with E-state index in [0.29, 0.717) is 17.1 Å². The molecular weight excluding hydrogens is 423 g/mol. The van der Waals surface area contributed by atoms with Gasteiger partial charge in [0.05, 0.1) is 31.1 Å². The number of hydrazone groups is 1. The standard InChI is InChI=1S/C17H17IN2O4/c1-22-14-7-5-12(9-13(14)18)17(21)20-19-10-11-4-6-15(23-2)16(8-11)24-3/h4-10H,1-3H3,(H,20,21)/b19-10-. The van der Waals surface area contributed by atoms with Crippen LogP contribution in [-0.4, -0.2) is 33.5 Å². The highest BCUT2D eigenvalue weighted by Gasteiger charge is 2.08. The van der Waals surface area contributed by atoms with Crippen LogP contribution in [0.3, 0.4) is 0 Å². The minimum absolute atomic E-state index is 0.299. The lowest BCUT2D eigenvalue weighted by molar-refractivity contribution is 0.0955. The minimum Gasteiger partial charge on any atom is -0.496 e. The van der Waals surface area contributed by atoms with Gasteiger partial charge in [-0.1, -0.05) is 0 Å². The van der Waals surface area contributed by atoms with Crippen LogP contribution < -0.4 is 19.6 Å². The van der Waals surface area contributed by atoms with Gasteiger partial charge in [0.25, 0.3) is 5.91 Å². The normalized spacial score (nSPS) is 10.5. The van der Waals surface area contributed by atoms with E-state index in [9.17, 15) is 4.79 Å². The molecule has 0 aliphatic heterocycles. The maximum Gasteiger partial charge on any atom is 0.271 e. The van der Waals surface area contributed by atoms with Crippen molar-refractivity contribution in [2.75, 3.05) is 21.3 Å². The van der Waals surface area contributed by atoms with Crippen LogP contribution in [0.5, 0.6) is 17.2 Å². The molecular formula is C17H17IN2O4. The Labute approximate surface area is 153 Å². The summed E-state index contributed by atoms with van der Waals surface area (Å²) in [5.41, 5.74) is 3.77. The molecule has 0 heterocycles. The quantitative estimate of drug-likeness (QED) is 0.426. The van der Waals surface area contributed by atoms with Crippen molar-refractivity contribution < 1.29 is 19.0 Å². The van der Waals surface area contributed by atoms with Crippen LogP contribution in [0.25, 0.3) is 0 Å². The van der Waals surface area contributed by atoms with Crippen molar-refractivity contribution in [2.24, 2.45) is 5.10 Å². The monoisotopic (exact) mass is 440 g/mol. The van der Waals surface area contributed by atoms with E-state index in [1.54, 1.807) is 51.7 Å². The number of carbonyl (C=O) groups is 1. The molecule has 126 valence electrons. The van der Waals surface area contributed by atoms with Crippen molar-refractivity contribution in [2.45, 2.75) is 0 Å². The molecule has 2 aromatic carbocycles. The molecule has 6 nitrogen and oxygen atoms in total. The summed E-state index contributed by atoms with van der Waals surface area (Å²) in [5, 5.41) is 3.97. The van der Waals surface area contributed by atoms with Crippen molar-refractivity contribution in [3.05, 3.63) is 51.1 Å². The number of methoxy groups -OCH3 is 3. The Morgan fingerprint density at radius 2 is 1.67 bits per heavy atom. The number of rotatable bonds is 6. The van der Waals surface area contributed by atoms with Crippen LogP contribution in [0.2, 0.25) is 0 Å². The number of hydrogen-bond donors (Lipinski definition) is 1. The number of benzene rings is 2. The van der Waals surface area contributed by atoms with Gasteiger partial charge in [0.1, 0.15) is 5.75 Å². The molecule has 0 aliphatic carbocycles. The lowest BCUT2D eigenvalue weighted by Crippen LogP contribution is -2.17. The molecule has 24 heavy (non-hydrogen) atoms. The van der Waals surface area contributed by atoms with E-state index in [1.165, 1.54) is 6.21 Å². The van der Waals surface area contributed by atoms with E-state index >= 15 is 0 Å². The molecule has 1 N–H and O–H groups in total. The number of amides is 1. The van der Waals surface area contributed by atoms with Gasteiger partial charge >= 0.3 is 0 Å². The summed E-state index contributed by atoms with van der Waals surface area (Å²) in [7, 11) is 4.72. The molecule has 0 saturated heterocycles. The molecule has 2 rings (SSSR count). The van der Waals surface area contributed by atoms with Gasteiger partial charge in [-0.25, -0.2) is 5.43 Å². The maximum atomic E-state index is 12.1. The maximum absolute atomic E-state index is 12.1. The fourth-order valence-electron chi connectivity index (χ4n) is 1.97. The van der Waals surface area contributed by atoms with Crippen LogP contribution in [0.1, 0.15) is 15.9 Å². The zero-order chi connectivity index (χ0) is 17.5. The number of nitrogens with one attached hydrogen (secondary N) is 1. The van der Waals surface area contributed by atoms with E-state index in [2.05, 4.69) is 33.1 Å². The predicted octanol–water partition coefficient (Wildman–Crippen LogP) is 3.08. The summed E-state index contributed by atoms with van der Waals surface area (Å²) in [6, 6.07) is 10.5. The molecule has 0 radical (unpaired) electrons. The zero-order valence-corrected chi connectivity index (χ0v) is 15.7.